The third kappa shape index (κ3) is 2.53. The van der Waals surface area contributed by atoms with Crippen LogP contribution in [0.15, 0.2) is 51.7 Å². The molecule has 3 rings (SSSR count). The second kappa shape index (κ2) is 5.35. The molecule has 0 aliphatic carbocycles. The minimum atomic E-state index is -0.933. The quantitative estimate of drug-likeness (QED) is 0.410. The zero-order valence-electron chi connectivity index (χ0n) is 11.4. The lowest BCUT2D eigenvalue weighted by Gasteiger charge is -2.05. The number of nitrogens with zero attached hydrogens (tertiary/aromatic N) is 2. The normalized spacial score (nSPS) is 10.4. The fourth-order valence-corrected chi connectivity index (χ4v) is 2.24. The van der Waals surface area contributed by atoms with E-state index in [1.807, 2.05) is 0 Å². The molecule has 0 aliphatic rings. The van der Waals surface area contributed by atoms with Gasteiger partial charge in [-0.05, 0) is 35.4 Å². The first kappa shape index (κ1) is 14.4. The summed E-state index contributed by atoms with van der Waals surface area (Å²) in [4.78, 5) is 22.1. The highest BCUT2D eigenvalue weighted by atomic mass is 19.1. The Morgan fingerprint density at radius 2 is 1.83 bits per heavy atom. The molecule has 0 unspecified atom stereocenters. The number of hydrogen-bond donors (Lipinski definition) is 0. The fourth-order valence-electron chi connectivity index (χ4n) is 2.24. The van der Waals surface area contributed by atoms with E-state index < -0.39 is 22.1 Å². The van der Waals surface area contributed by atoms with Crippen LogP contribution in [-0.2, 0) is 0 Å². The van der Waals surface area contributed by atoms with E-state index in [1.54, 1.807) is 12.1 Å². The van der Waals surface area contributed by atoms with Gasteiger partial charge in [0, 0.05) is 11.5 Å². The molecule has 0 spiro atoms. The van der Waals surface area contributed by atoms with Crippen LogP contribution in [0.2, 0.25) is 0 Å². The SMILES string of the molecule is N#Cc1cc2cc(-c3ccc(F)cc3)cc([N+](=O)[O-])c2oc1=O. The summed E-state index contributed by atoms with van der Waals surface area (Å²) in [5, 5.41) is 20.4. The van der Waals surface area contributed by atoms with Crippen LogP contribution in [-0.4, -0.2) is 4.92 Å². The Bertz CT molecular complexity index is 1030. The predicted molar refractivity (Wildman–Crippen MR) is 79.2 cm³/mol. The van der Waals surface area contributed by atoms with Crippen molar-refractivity contribution in [2.45, 2.75) is 0 Å². The van der Waals surface area contributed by atoms with E-state index in [0.717, 1.165) is 0 Å². The first-order valence-electron chi connectivity index (χ1n) is 6.42. The van der Waals surface area contributed by atoms with E-state index in [0.29, 0.717) is 11.1 Å². The molecule has 0 bridgehead atoms. The molecule has 3 aromatic rings. The minimum Gasteiger partial charge on any atom is -0.414 e. The van der Waals surface area contributed by atoms with Crippen molar-refractivity contribution < 1.29 is 13.7 Å². The van der Waals surface area contributed by atoms with Gasteiger partial charge in [-0.15, -0.1) is 0 Å². The number of nitro benzene ring substituents is 1. The number of rotatable bonds is 2. The van der Waals surface area contributed by atoms with E-state index >= 15 is 0 Å². The summed E-state index contributed by atoms with van der Waals surface area (Å²) < 4.78 is 17.9. The lowest BCUT2D eigenvalue weighted by Crippen LogP contribution is -2.04. The van der Waals surface area contributed by atoms with Crippen LogP contribution >= 0.6 is 0 Å². The van der Waals surface area contributed by atoms with E-state index in [2.05, 4.69) is 0 Å². The molecular formula is C16H7FN2O4. The molecule has 0 amide bonds. The standard InChI is InChI=1S/C16H7FN2O4/c17-13-3-1-9(2-4-13)10-5-11-6-12(8-18)16(20)23-15(11)14(7-10)19(21)22/h1-7H. The first-order chi connectivity index (χ1) is 11.0. The molecule has 23 heavy (non-hydrogen) atoms. The number of halogens is 1. The second-order valence-electron chi connectivity index (χ2n) is 4.74. The van der Waals surface area contributed by atoms with Gasteiger partial charge >= 0.3 is 11.3 Å². The monoisotopic (exact) mass is 310 g/mol. The molecule has 0 atom stereocenters. The van der Waals surface area contributed by atoms with Gasteiger partial charge in [0.05, 0.1) is 4.92 Å². The van der Waals surface area contributed by atoms with Crippen molar-refractivity contribution >= 4 is 16.7 Å². The molecule has 0 fully saturated rings. The van der Waals surface area contributed by atoms with Gasteiger partial charge in [0.2, 0.25) is 5.58 Å². The average Bonchev–Trinajstić information content (AvgIpc) is 2.54. The van der Waals surface area contributed by atoms with E-state index in [-0.39, 0.29) is 16.5 Å². The largest absolute Gasteiger partial charge is 0.414 e. The summed E-state index contributed by atoms with van der Waals surface area (Å²) >= 11 is 0. The van der Waals surface area contributed by atoms with Crippen molar-refractivity contribution in [2.75, 3.05) is 0 Å². The molecule has 0 aliphatic heterocycles. The Labute approximate surface area is 128 Å². The molecule has 1 heterocycles. The van der Waals surface area contributed by atoms with Crippen molar-refractivity contribution in [1.82, 2.24) is 0 Å². The zero-order chi connectivity index (χ0) is 16.6. The maximum absolute atomic E-state index is 13.0. The van der Waals surface area contributed by atoms with Gasteiger partial charge in [-0.25, -0.2) is 9.18 Å². The van der Waals surface area contributed by atoms with Gasteiger partial charge in [-0.3, -0.25) is 10.1 Å². The van der Waals surface area contributed by atoms with Crippen LogP contribution in [0.25, 0.3) is 22.1 Å². The first-order valence-corrected chi connectivity index (χ1v) is 6.42. The molecule has 2 aromatic carbocycles. The smallest absolute Gasteiger partial charge is 0.354 e. The molecule has 7 heteroatoms. The summed E-state index contributed by atoms with van der Waals surface area (Å²) in [5.41, 5.74) is -0.781. The summed E-state index contributed by atoms with van der Waals surface area (Å²) in [5.74, 6) is -0.429. The topological polar surface area (TPSA) is 97.1 Å². The van der Waals surface area contributed by atoms with Crippen LogP contribution in [0.1, 0.15) is 5.56 Å². The van der Waals surface area contributed by atoms with Crippen LogP contribution < -0.4 is 5.63 Å². The van der Waals surface area contributed by atoms with Gasteiger partial charge in [-0.1, -0.05) is 12.1 Å². The Balaban J connectivity index is 2.35. The maximum Gasteiger partial charge on any atom is 0.354 e. The third-order valence-electron chi connectivity index (χ3n) is 3.31. The predicted octanol–water partition coefficient (Wildman–Crippen LogP) is 3.38. The van der Waals surface area contributed by atoms with Crippen molar-refractivity contribution in [3.8, 4) is 17.2 Å². The Hall–Kier alpha value is -3.53. The van der Waals surface area contributed by atoms with Crippen LogP contribution in [0, 0.1) is 27.3 Å². The van der Waals surface area contributed by atoms with Gasteiger partial charge in [0.1, 0.15) is 17.4 Å². The lowest BCUT2D eigenvalue weighted by molar-refractivity contribution is -0.383. The molecule has 6 nitrogen and oxygen atoms in total. The van der Waals surface area contributed by atoms with E-state index in [4.69, 9.17) is 9.68 Å². The highest BCUT2D eigenvalue weighted by molar-refractivity contribution is 5.91. The Morgan fingerprint density at radius 1 is 1.13 bits per heavy atom. The Kier molecular flexibility index (Phi) is 3.35. The van der Waals surface area contributed by atoms with Crippen molar-refractivity contribution in [2.24, 2.45) is 0 Å². The summed E-state index contributed by atoms with van der Waals surface area (Å²) in [6.45, 7) is 0. The fraction of sp³-hybridized carbons (Fsp3) is 0. The van der Waals surface area contributed by atoms with Crippen molar-refractivity contribution in [1.29, 1.82) is 5.26 Å². The highest BCUT2D eigenvalue weighted by Crippen LogP contribution is 2.32. The number of hydrogen-bond acceptors (Lipinski definition) is 5. The third-order valence-corrected chi connectivity index (χ3v) is 3.31. The molecule has 1 aromatic heterocycles. The van der Waals surface area contributed by atoms with E-state index in [1.165, 1.54) is 36.4 Å². The van der Waals surface area contributed by atoms with Crippen molar-refractivity contribution in [3.05, 3.63) is 74.4 Å². The van der Waals surface area contributed by atoms with Gasteiger partial charge in [0.15, 0.2) is 0 Å². The molecule has 0 saturated carbocycles. The molecule has 0 saturated heterocycles. The molecule has 0 N–H and O–H groups in total. The maximum atomic E-state index is 13.0. The number of non-ortho nitro benzene ring substituents is 1. The minimum absolute atomic E-state index is 0.204. The van der Waals surface area contributed by atoms with Crippen molar-refractivity contribution in [3.63, 3.8) is 0 Å². The Morgan fingerprint density at radius 3 is 2.43 bits per heavy atom. The second-order valence-corrected chi connectivity index (χ2v) is 4.74. The number of fused-ring (bicyclic) bond motifs is 1. The number of benzene rings is 2. The molecule has 0 radical (unpaired) electrons. The van der Waals surface area contributed by atoms with Crippen LogP contribution in [0.4, 0.5) is 10.1 Å². The molecule has 112 valence electrons. The van der Waals surface area contributed by atoms with Gasteiger partial charge in [-0.2, -0.15) is 5.26 Å². The highest BCUT2D eigenvalue weighted by Gasteiger charge is 2.19. The summed E-state index contributed by atoms with van der Waals surface area (Å²) in [6.07, 6.45) is 0. The lowest BCUT2D eigenvalue weighted by atomic mass is 10.0. The van der Waals surface area contributed by atoms with Crippen LogP contribution in [0.5, 0.6) is 0 Å². The van der Waals surface area contributed by atoms with Gasteiger partial charge in [0.25, 0.3) is 0 Å². The summed E-state index contributed by atoms with van der Waals surface area (Å²) in [6, 6.07) is 11.1. The number of nitro groups is 1. The number of nitriles is 1. The average molecular weight is 310 g/mol. The van der Waals surface area contributed by atoms with Gasteiger partial charge < -0.3 is 4.42 Å². The molecular weight excluding hydrogens is 303 g/mol. The van der Waals surface area contributed by atoms with Crippen LogP contribution in [0.3, 0.4) is 0 Å². The zero-order valence-corrected chi connectivity index (χ0v) is 11.4. The summed E-state index contributed by atoms with van der Waals surface area (Å²) in [7, 11) is 0. The van der Waals surface area contributed by atoms with E-state index in [9.17, 15) is 19.3 Å².